The molecule has 1 aliphatic heterocycles. The summed E-state index contributed by atoms with van der Waals surface area (Å²) in [5.41, 5.74) is 0. The summed E-state index contributed by atoms with van der Waals surface area (Å²) in [6.45, 7) is 6.92. The van der Waals surface area contributed by atoms with E-state index >= 15 is 0 Å². The molecule has 3 heteroatoms. The van der Waals surface area contributed by atoms with Gasteiger partial charge >= 0.3 is 0 Å². The van der Waals surface area contributed by atoms with Crippen LogP contribution in [0, 0.1) is 11.3 Å². The monoisotopic (exact) mass is 182 g/mol. The lowest BCUT2D eigenvalue weighted by Gasteiger charge is -2.31. The quantitative estimate of drug-likeness (QED) is 0.647. The molecule has 0 N–H and O–H groups in total. The van der Waals surface area contributed by atoms with E-state index in [-0.39, 0.29) is 0 Å². The van der Waals surface area contributed by atoms with E-state index in [2.05, 4.69) is 24.8 Å². The van der Waals surface area contributed by atoms with Gasteiger partial charge < -0.3 is 4.74 Å². The lowest BCUT2D eigenvalue weighted by molar-refractivity contribution is 0.130. The normalized spacial score (nSPS) is 25.5. The van der Waals surface area contributed by atoms with Gasteiger partial charge in [-0.25, -0.2) is 0 Å². The van der Waals surface area contributed by atoms with Gasteiger partial charge in [0, 0.05) is 25.2 Å². The van der Waals surface area contributed by atoms with Crippen molar-refractivity contribution in [2.24, 2.45) is 0 Å². The SMILES string of the molecule is CC(C)N1CCOCC[C@@H]1CC#N. The van der Waals surface area contributed by atoms with E-state index in [1.807, 2.05) is 0 Å². The van der Waals surface area contributed by atoms with Crippen LogP contribution in [-0.2, 0) is 4.74 Å². The van der Waals surface area contributed by atoms with Crippen LogP contribution in [0.3, 0.4) is 0 Å². The summed E-state index contributed by atoms with van der Waals surface area (Å²) in [7, 11) is 0. The summed E-state index contributed by atoms with van der Waals surface area (Å²) >= 11 is 0. The van der Waals surface area contributed by atoms with Crippen molar-refractivity contribution in [1.29, 1.82) is 5.26 Å². The highest BCUT2D eigenvalue weighted by Crippen LogP contribution is 2.15. The maximum Gasteiger partial charge on any atom is 0.0638 e. The molecule has 0 saturated carbocycles. The lowest BCUT2D eigenvalue weighted by atomic mass is 10.1. The molecule has 0 spiro atoms. The molecule has 0 aromatic carbocycles. The highest BCUT2D eigenvalue weighted by molar-refractivity contribution is 4.85. The molecule has 1 atom stereocenters. The predicted octanol–water partition coefficient (Wildman–Crippen LogP) is 1.40. The molecule has 1 heterocycles. The van der Waals surface area contributed by atoms with Crippen molar-refractivity contribution in [1.82, 2.24) is 4.90 Å². The maximum absolute atomic E-state index is 8.69. The number of ether oxygens (including phenoxy) is 1. The number of hydrogen-bond acceptors (Lipinski definition) is 3. The Morgan fingerprint density at radius 2 is 2.31 bits per heavy atom. The highest BCUT2D eigenvalue weighted by atomic mass is 16.5. The minimum atomic E-state index is 0.396. The zero-order valence-electron chi connectivity index (χ0n) is 8.49. The molecule has 0 amide bonds. The molecule has 1 saturated heterocycles. The molecular weight excluding hydrogens is 164 g/mol. The minimum Gasteiger partial charge on any atom is -0.380 e. The van der Waals surface area contributed by atoms with Crippen molar-refractivity contribution >= 4 is 0 Å². The van der Waals surface area contributed by atoms with E-state index in [1.165, 1.54) is 0 Å². The second-order valence-corrected chi connectivity index (χ2v) is 3.75. The van der Waals surface area contributed by atoms with Gasteiger partial charge in [-0.15, -0.1) is 0 Å². The van der Waals surface area contributed by atoms with Crippen LogP contribution in [0.1, 0.15) is 26.7 Å². The molecule has 1 fully saturated rings. The fourth-order valence-corrected chi connectivity index (χ4v) is 1.84. The fraction of sp³-hybridized carbons (Fsp3) is 0.900. The Labute approximate surface area is 80.3 Å². The second kappa shape index (κ2) is 5.21. The Balaban J connectivity index is 2.56. The van der Waals surface area contributed by atoms with Crippen molar-refractivity contribution in [3.63, 3.8) is 0 Å². The fourth-order valence-electron chi connectivity index (χ4n) is 1.84. The van der Waals surface area contributed by atoms with E-state index in [1.54, 1.807) is 0 Å². The van der Waals surface area contributed by atoms with Gasteiger partial charge in [0.2, 0.25) is 0 Å². The summed E-state index contributed by atoms with van der Waals surface area (Å²) in [5.74, 6) is 0. The van der Waals surface area contributed by atoms with Gasteiger partial charge in [-0.05, 0) is 20.3 Å². The summed E-state index contributed by atoms with van der Waals surface area (Å²) < 4.78 is 5.40. The van der Waals surface area contributed by atoms with Gasteiger partial charge in [-0.2, -0.15) is 5.26 Å². The molecule has 1 aliphatic rings. The first-order chi connectivity index (χ1) is 6.25. The van der Waals surface area contributed by atoms with Gasteiger partial charge in [0.15, 0.2) is 0 Å². The maximum atomic E-state index is 8.69. The third kappa shape index (κ3) is 2.98. The summed E-state index contributed by atoms with van der Waals surface area (Å²) in [5, 5.41) is 8.69. The van der Waals surface area contributed by atoms with Crippen LogP contribution < -0.4 is 0 Å². The Morgan fingerprint density at radius 3 is 2.92 bits per heavy atom. The Hall–Kier alpha value is -0.590. The first kappa shape index (κ1) is 10.5. The van der Waals surface area contributed by atoms with E-state index < -0.39 is 0 Å². The highest BCUT2D eigenvalue weighted by Gasteiger charge is 2.22. The number of hydrogen-bond donors (Lipinski definition) is 0. The largest absolute Gasteiger partial charge is 0.380 e. The Morgan fingerprint density at radius 1 is 1.54 bits per heavy atom. The van der Waals surface area contributed by atoms with Gasteiger partial charge in [0.25, 0.3) is 0 Å². The average Bonchev–Trinajstić information content (AvgIpc) is 2.30. The molecule has 0 aromatic rings. The molecule has 0 aromatic heterocycles. The second-order valence-electron chi connectivity index (χ2n) is 3.75. The Bertz CT molecular complexity index is 186. The van der Waals surface area contributed by atoms with Crippen LogP contribution >= 0.6 is 0 Å². The van der Waals surface area contributed by atoms with Crippen molar-refractivity contribution in [2.75, 3.05) is 19.8 Å². The van der Waals surface area contributed by atoms with Gasteiger partial charge in [-0.1, -0.05) is 0 Å². The van der Waals surface area contributed by atoms with Gasteiger partial charge in [0.1, 0.15) is 0 Å². The van der Waals surface area contributed by atoms with Crippen LogP contribution in [0.4, 0.5) is 0 Å². The van der Waals surface area contributed by atoms with Crippen molar-refractivity contribution in [3.05, 3.63) is 0 Å². The third-order valence-corrected chi connectivity index (χ3v) is 2.55. The summed E-state index contributed by atoms with van der Waals surface area (Å²) in [6.07, 6.45) is 1.62. The summed E-state index contributed by atoms with van der Waals surface area (Å²) in [6, 6.07) is 3.16. The smallest absolute Gasteiger partial charge is 0.0638 e. The predicted molar refractivity (Wildman–Crippen MR) is 51.3 cm³/mol. The number of rotatable bonds is 2. The van der Waals surface area contributed by atoms with Crippen LogP contribution in [0.5, 0.6) is 0 Å². The van der Waals surface area contributed by atoms with Crippen LogP contribution in [0.2, 0.25) is 0 Å². The number of nitrogens with zero attached hydrogens (tertiary/aromatic N) is 2. The van der Waals surface area contributed by atoms with Crippen molar-refractivity contribution in [2.45, 2.75) is 38.8 Å². The first-order valence-electron chi connectivity index (χ1n) is 4.96. The number of nitriles is 1. The van der Waals surface area contributed by atoms with Crippen LogP contribution in [0.25, 0.3) is 0 Å². The molecule has 0 radical (unpaired) electrons. The molecule has 0 aliphatic carbocycles. The molecule has 3 nitrogen and oxygen atoms in total. The van der Waals surface area contributed by atoms with Crippen LogP contribution in [-0.4, -0.2) is 36.7 Å². The average molecular weight is 182 g/mol. The minimum absolute atomic E-state index is 0.396. The lowest BCUT2D eigenvalue weighted by Crippen LogP contribution is -2.40. The Kier molecular flexibility index (Phi) is 4.20. The van der Waals surface area contributed by atoms with Crippen molar-refractivity contribution < 1.29 is 4.74 Å². The van der Waals surface area contributed by atoms with Crippen molar-refractivity contribution in [3.8, 4) is 6.07 Å². The third-order valence-electron chi connectivity index (χ3n) is 2.55. The van der Waals surface area contributed by atoms with E-state index in [9.17, 15) is 0 Å². The molecule has 13 heavy (non-hydrogen) atoms. The molecule has 0 unspecified atom stereocenters. The van der Waals surface area contributed by atoms with Gasteiger partial charge in [0.05, 0.1) is 19.1 Å². The zero-order chi connectivity index (χ0) is 9.68. The molecule has 0 bridgehead atoms. The topological polar surface area (TPSA) is 36.3 Å². The molecular formula is C10H18N2O. The molecule has 1 rings (SSSR count). The molecule has 74 valence electrons. The van der Waals surface area contributed by atoms with E-state index in [4.69, 9.17) is 10.00 Å². The first-order valence-corrected chi connectivity index (χ1v) is 4.96. The summed E-state index contributed by atoms with van der Waals surface area (Å²) in [4.78, 5) is 2.37. The zero-order valence-corrected chi connectivity index (χ0v) is 8.49. The standard InChI is InChI=1S/C10H18N2O/c1-9(2)12-6-8-13-7-4-10(12)3-5-11/h9-10H,3-4,6-8H2,1-2H3/t10-/m0/s1. The van der Waals surface area contributed by atoms with E-state index in [0.717, 1.165) is 26.2 Å². The van der Waals surface area contributed by atoms with Gasteiger partial charge in [-0.3, -0.25) is 4.90 Å². The van der Waals surface area contributed by atoms with Crippen LogP contribution in [0.15, 0.2) is 0 Å². The van der Waals surface area contributed by atoms with E-state index in [0.29, 0.717) is 18.5 Å².